The van der Waals surface area contributed by atoms with Crippen LogP contribution in [-0.4, -0.2) is 51.1 Å². The highest BCUT2D eigenvalue weighted by molar-refractivity contribution is 7.71. The summed E-state index contributed by atoms with van der Waals surface area (Å²) in [6, 6.07) is 8.26. The van der Waals surface area contributed by atoms with Gasteiger partial charge in [0.1, 0.15) is 12.2 Å². The van der Waals surface area contributed by atoms with Gasteiger partial charge in [0.2, 0.25) is 5.43 Å². The number of hydrogen-bond donors (Lipinski definition) is 1. The summed E-state index contributed by atoms with van der Waals surface area (Å²) in [5.74, 6) is -3.23. The van der Waals surface area contributed by atoms with Crippen LogP contribution in [0.2, 0.25) is 0 Å². The Labute approximate surface area is 212 Å². The number of ether oxygens (including phenoxy) is 1. The van der Waals surface area contributed by atoms with Crippen LogP contribution in [0.3, 0.4) is 0 Å². The lowest BCUT2D eigenvalue weighted by atomic mass is 9.93. The molecule has 0 bridgehead atoms. The van der Waals surface area contributed by atoms with Crippen LogP contribution in [0.4, 0.5) is 8.78 Å². The number of oxazole rings is 1. The van der Waals surface area contributed by atoms with Gasteiger partial charge in [-0.1, -0.05) is 18.2 Å². The second-order valence-electron chi connectivity index (χ2n) is 9.14. The van der Waals surface area contributed by atoms with E-state index in [9.17, 15) is 19.1 Å². The number of hydrogen-bond acceptors (Lipinski definition) is 7. The van der Waals surface area contributed by atoms with Crippen molar-refractivity contribution in [2.24, 2.45) is 0 Å². The van der Waals surface area contributed by atoms with Crippen molar-refractivity contribution in [2.75, 3.05) is 24.8 Å². The first-order chi connectivity index (χ1) is 17.9. The molecule has 5 heterocycles. The van der Waals surface area contributed by atoms with Crippen LogP contribution in [0, 0.1) is 16.5 Å². The van der Waals surface area contributed by atoms with Crippen LogP contribution in [0.5, 0.6) is 5.75 Å². The standard InChI is InChI=1S/C25H18F2N4O5S/c26-15-5-4-12-14(19(15)27)10-29-21-13(2-1-3-17(21)36-25(29)37)20(12)31-18-11-35-9-8-28(18)24(34)22-23(33)16(32)6-7-30(22)31/h1-7,18,20,33H,8-11H2. The minimum atomic E-state index is -1.01. The largest absolute Gasteiger partial charge is 0.502 e. The van der Waals surface area contributed by atoms with E-state index in [1.165, 1.54) is 21.8 Å². The minimum Gasteiger partial charge on any atom is -0.502 e. The van der Waals surface area contributed by atoms with E-state index < -0.39 is 40.9 Å². The SMILES string of the molecule is O=C1c2c(O)c(=O)ccn2N(C2c3ccc(F)c(F)c3Cn3c(=S)oc4cccc2c43)C2COCCN12. The van der Waals surface area contributed by atoms with Gasteiger partial charge in [0, 0.05) is 29.9 Å². The molecule has 1 N–H and O–H groups in total. The van der Waals surface area contributed by atoms with Crippen LogP contribution in [0.25, 0.3) is 11.1 Å². The first-order valence-corrected chi connectivity index (χ1v) is 12.0. The summed E-state index contributed by atoms with van der Waals surface area (Å²) in [5.41, 5.74) is 1.32. The molecule has 2 aromatic carbocycles. The molecule has 1 amide bonds. The first kappa shape index (κ1) is 22.2. The molecule has 3 aliphatic rings. The highest BCUT2D eigenvalue weighted by atomic mass is 32.1. The normalized spacial score (nSPS) is 20.4. The Morgan fingerprint density at radius 2 is 1.92 bits per heavy atom. The van der Waals surface area contributed by atoms with Gasteiger partial charge in [-0.25, -0.2) is 8.78 Å². The van der Waals surface area contributed by atoms with Gasteiger partial charge in [0.05, 0.1) is 25.3 Å². The summed E-state index contributed by atoms with van der Waals surface area (Å²) in [6.07, 6.45) is 0.714. The molecular formula is C25H18F2N4O5S. The maximum Gasteiger partial charge on any atom is 0.278 e. The molecule has 7 rings (SSSR count). The van der Waals surface area contributed by atoms with Crippen molar-refractivity contribution in [3.8, 4) is 5.75 Å². The number of benzene rings is 2. The summed E-state index contributed by atoms with van der Waals surface area (Å²) < 4.78 is 44.5. The summed E-state index contributed by atoms with van der Waals surface area (Å²) >= 11 is 5.43. The zero-order chi connectivity index (χ0) is 25.6. The van der Waals surface area contributed by atoms with E-state index in [4.69, 9.17) is 21.4 Å². The van der Waals surface area contributed by atoms with Crippen LogP contribution in [0.1, 0.15) is 33.2 Å². The van der Waals surface area contributed by atoms with E-state index in [-0.39, 0.29) is 42.4 Å². The first-order valence-electron chi connectivity index (χ1n) is 11.6. The molecule has 2 aromatic heterocycles. The Morgan fingerprint density at radius 1 is 1.08 bits per heavy atom. The lowest BCUT2D eigenvalue weighted by molar-refractivity contribution is -0.0196. The van der Waals surface area contributed by atoms with Crippen LogP contribution in [-0.2, 0) is 11.3 Å². The van der Waals surface area contributed by atoms with Crippen LogP contribution >= 0.6 is 12.2 Å². The number of morpholine rings is 1. The lowest BCUT2D eigenvalue weighted by Crippen LogP contribution is -2.66. The molecule has 2 atom stereocenters. The molecule has 1 saturated heterocycles. The average Bonchev–Trinajstić information content (AvgIpc) is 3.13. The summed E-state index contributed by atoms with van der Waals surface area (Å²) in [4.78, 5) is 27.4. The van der Waals surface area contributed by atoms with Gasteiger partial charge in [0.15, 0.2) is 28.7 Å². The molecule has 1 fully saturated rings. The molecular weight excluding hydrogens is 506 g/mol. The number of aromatic nitrogens is 2. The number of para-hydroxylation sites is 1. The molecule has 0 radical (unpaired) electrons. The van der Waals surface area contributed by atoms with E-state index in [2.05, 4.69) is 0 Å². The Kier molecular flexibility index (Phi) is 4.64. The topological polar surface area (TPSA) is 93.1 Å². The maximum absolute atomic E-state index is 15.4. The predicted molar refractivity (Wildman–Crippen MR) is 129 cm³/mol. The van der Waals surface area contributed by atoms with Gasteiger partial charge in [-0.2, -0.15) is 0 Å². The fourth-order valence-corrected chi connectivity index (χ4v) is 5.93. The van der Waals surface area contributed by atoms with Crippen molar-refractivity contribution in [3.05, 3.63) is 91.7 Å². The minimum absolute atomic E-state index is 0.0712. The number of pyridine rings is 1. The lowest BCUT2D eigenvalue weighted by Gasteiger charge is -2.51. The summed E-state index contributed by atoms with van der Waals surface area (Å²) in [5, 5.41) is 12.4. The van der Waals surface area contributed by atoms with E-state index in [0.717, 1.165) is 12.1 Å². The highest BCUT2D eigenvalue weighted by Crippen LogP contribution is 2.42. The Balaban J connectivity index is 1.61. The van der Waals surface area contributed by atoms with E-state index >= 15 is 4.39 Å². The molecule has 3 aliphatic heterocycles. The molecule has 4 aromatic rings. The molecule has 0 aliphatic carbocycles. The number of carbonyl (C=O) groups excluding carboxylic acids is 1. The maximum atomic E-state index is 15.4. The third-order valence-corrected chi connectivity index (χ3v) is 7.60. The third kappa shape index (κ3) is 2.93. The van der Waals surface area contributed by atoms with Crippen molar-refractivity contribution in [2.45, 2.75) is 18.8 Å². The van der Waals surface area contributed by atoms with Crippen molar-refractivity contribution < 1.29 is 27.8 Å². The number of aromatic hydroxyl groups is 1. The number of halogens is 2. The van der Waals surface area contributed by atoms with Gasteiger partial charge in [-0.15, -0.1) is 0 Å². The molecule has 2 unspecified atom stereocenters. The quantitative estimate of drug-likeness (QED) is 0.383. The summed E-state index contributed by atoms with van der Waals surface area (Å²) in [7, 11) is 0. The Morgan fingerprint density at radius 3 is 2.76 bits per heavy atom. The van der Waals surface area contributed by atoms with E-state index in [1.807, 2.05) is 6.07 Å². The molecule has 0 spiro atoms. The average molecular weight is 525 g/mol. The monoisotopic (exact) mass is 524 g/mol. The van der Waals surface area contributed by atoms with Gasteiger partial charge in [-0.05, 0) is 29.9 Å². The fraction of sp³-hybridized carbons (Fsp3) is 0.240. The van der Waals surface area contributed by atoms with Crippen molar-refractivity contribution in [1.82, 2.24) is 14.1 Å². The van der Waals surface area contributed by atoms with Gasteiger partial charge in [0.25, 0.3) is 10.7 Å². The van der Waals surface area contributed by atoms with Crippen molar-refractivity contribution >= 4 is 29.2 Å². The van der Waals surface area contributed by atoms with Crippen LogP contribution < -0.4 is 10.4 Å². The third-order valence-electron chi connectivity index (χ3n) is 7.29. The van der Waals surface area contributed by atoms with Crippen molar-refractivity contribution in [1.29, 1.82) is 0 Å². The fourth-order valence-electron chi connectivity index (χ4n) is 5.68. The highest BCUT2D eigenvalue weighted by Gasteiger charge is 2.46. The smallest absolute Gasteiger partial charge is 0.278 e. The Hall–Kier alpha value is -4.03. The molecule has 9 nitrogen and oxygen atoms in total. The molecule has 12 heteroatoms. The zero-order valence-electron chi connectivity index (χ0n) is 19.1. The number of rotatable bonds is 1. The van der Waals surface area contributed by atoms with Crippen molar-refractivity contribution in [3.63, 3.8) is 0 Å². The second-order valence-corrected chi connectivity index (χ2v) is 9.48. The molecule has 188 valence electrons. The van der Waals surface area contributed by atoms with Crippen LogP contribution in [0.15, 0.2) is 51.8 Å². The van der Waals surface area contributed by atoms with Gasteiger partial charge >= 0.3 is 0 Å². The summed E-state index contributed by atoms with van der Waals surface area (Å²) in [6.45, 7) is 0.525. The number of carbonyl (C=O) groups is 1. The molecule has 37 heavy (non-hydrogen) atoms. The van der Waals surface area contributed by atoms with E-state index in [1.54, 1.807) is 21.7 Å². The van der Waals surface area contributed by atoms with Gasteiger partial charge in [-0.3, -0.25) is 23.8 Å². The predicted octanol–water partition coefficient (Wildman–Crippen LogP) is 3.01. The number of nitrogens with zero attached hydrogens (tertiary/aromatic N) is 4. The second kappa shape index (κ2) is 7.73. The van der Waals surface area contributed by atoms with Gasteiger partial charge < -0.3 is 19.2 Å². The van der Waals surface area contributed by atoms with E-state index in [0.29, 0.717) is 22.2 Å². The zero-order valence-corrected chi connectivity index (χ0v) is 19.9. The number of amides is 1. The Bertz CT molecular complexity index is 1760. The number of fused-ring (bicyclic) bond motifs is 3. The molecule has 0 saturated carbocycles.